The van der Waals surface area contributed by atoms with E-state index >= 15 is 0 Å². The van der Waals surface area contributed by atoms with Crippen LogP contribution in [0.15, 0.2) is 60.9 Å². The van der Waals surface area contributed by atoms with Crippen LogP contribution in [0.4, 0.5) is 0 Å². The van der Waals surface area contributed by atoms with Gasteiger partial charge in [-0.25, -0.2) is 9.59 Å². The van der Waals surface area contributed by atoms with Gasteiger partial charge in [-0.1, -0.05) is 30.3 Å². The van der Waals surface area contributed by atoms with E-state index in [1.807, 2.05) is 65.2 Å². The number of esters is 2. The topological polar surface area (TPSA) is 61.4 Å². The Morgan fingerprint density at radius 3 is 2.23 bits per heavy atom. The molecule has 0 saturated carbocycles. The lowest BCUT2D eigenvalue weighted by Crippen LogP contribution is -2.37. The van der Waals surface area contributed by atoms with E-state index in [0.717, 1.165) is 5.56 Å². The Bertz CT molecular complexity index is 961. The highest BCUT2D eigenvalue weighted by molar-refractivity contribution is 6.03. The summed E-state index contributed by atoms with van der Waals surface area (Å²) in [4.78, 5) is 24.6. The summed E-state index contributed by atoms with van der Waals surface area (Å²) in [5, 5.41) is 0. The van der Waals surface area contributed by atoms with Gasteiger partial charge in [0.15, 0.2) is 13.2 Å². The molecule has 0 amide bonds. The van der Waals surface area contributed by atoms with E-state index in [4.69, 9.17) is 9.47 Å². The fourth-order valence-electron chi connectivity index (χ4n) is 2.89. The Morgan fingerprint density at radius 2 is 1.65 bits per heavy atom. The van der Waals surface area contributed by atoms with Crippen LogP contribution in [0.25, 0.3) is 16.8 Å². The molecule has 0 unspecified atom stereocenters. The van der Waals surface area contributed by atoms with Crippen LogP contribution in [0.3, 0.4) is 0 Å². The molecule has 0 saturated heterocycles. The second-order valence-corrected chi connectivity index (χ2v) is 5.68. The van der Waals surface area contributed by atoms with Crippen LogP contribution in [0.2, 0.25) is 0 Å². The number of carbonyl (C=O) groups is 2. The van der Waals surface area contributed by atoms with Crippen molar-refractivity contribution in [1.29, 1.82) is 0 Å². The quantitative estimate of drug-likeness (QED) is 0.535. The molecule has 1 heterocycles. The van der Waals surface area contributed by atoms with E-state index in [0.29, 0.717) is 16.8 Å². The van der Waals surface area contributed by atoms with Crippen molar-refractivity contribution in [2.45, 2.75) is 0 Å². The van der Waals surface area contributed by atoms with Crippen LogP contribution < -0.4 is 4.68 Å². The van der Waals surface area contributed by atoms with Crippen molar-refractivity contribution < 1.29 is 23.7 Å². The van der Waals surface area contributed by atoms with Crippen LogP contribution in [0.1, 0.15) is 20.7 Å². The van der Waals surface area contributed by atoms with Gasteiger partial charge in [-0.05, 0) is 17.7 Å². The first-order chi connectivity index (χ1) is 12.6. The monoisotopic (exact) mass is 351 g/mol. The predicted molar refractivity (Wildman–Crippen MR) is 95.1 cm³/mol. The van der Waals surface area contributed by atoms with Crippen molar-refractivity contribution in [3.8, 4) is 16.8 Å². The molecule has 132 valence electrons. The summed E-state index contributed by atoms with van der Waals surface area (Å²) < 4.78 is 13.5. The summed E-state index contributed by atoms with van der Waals surface area (Å²) in [7, 11) is 4.50. The van der Waals surface area contributed by atoms with Gasteiger partial charge in [0, 0.05) is 11.6 Å². The van der Waals surface area contributed by atoms with E-state index in [-0.39, 0.29) is 5.56 Å². The summed E-state index contributed by atoms with van der Waals surface area (Å²) in [6.07, 6.45) is 3.72. The fourth-order valence-corrected chi connectivity index (χ4v) is 2.89. The number of benzene rings is 2. The first-order valence-electron chi connectivity index (χ1n) is 8.00. The summed E-state index contributed by atoms with van der Waals surface area (Å²) >= 11 is 0. The zero-order chi connectivity index (χ0) is 18.7. The Labute approximate surface area is 151 Å². The summed E-state index contributed by atoms with van der Waals surface area (Å²) in [6.45, 7) is 0. The number of aromatic nitrogens is 2. The number of methoxy groups -OCH3 is 2. The lowest BCUT2D eigenvalue weighted by atomic mass is 9.95. The second-order valence-electron chi connectivity index (χ2n) is 5.68. The van der Waals surface area contributed by atoms with Gasteiger partial charge >= 0.3 is 11.9 Å². The number of hydrogen-bond acceptors (Lipinski definition) is 4. The standard InChI is InChI=1S/C20H19N2O4/c1-21-10-7-11-22(21)17-13-15(19(23)25-2)12-16(20(24)26-3)18(17)14-8-5-4-6-9-14/h4-13H,1-3H3/q+1. The Morgan fingerprint density at radius 1 is 0.962 bits per heavy atom. The van der Waals surface area contributed by atoms with Crippen molar-refractivity contribution in [1.82, 2.24) is 4.68 Å². The first kappa shape index (κ1) is 17.4. The molecule has 0 atom stereocenters. The molecule has 0 aliphatic rings. The normalized spacial score (nSPS) is 10.4. The highest BCUT2D eigenvalue weighted by Crippen LogP contribution is 2.32. The van der Waals surface area contributed by atoms with Crippen LogP contribution in [-0.2, 0) is 16.5 Å². The molecule has 0 N–H and O–H groups in total. The number of carbonyl (C=O) groups excluding carboxylic acids is 2. The van der Waals surface area contributed by atoms with Crippen LogP contribution in [-0.4, -0.2) is 30.8 Å². The summed E-state index contributed by atoms with van der Waals surface area (Å²) in [5.41, 5.74) is 2.76. The van der Waals surface area contributed by atoms with Gasteiger partial charge in [0.1, 0.15) is 5.69 Å². The molecule has 0 bridgehead atoms. The molecule has 1 aromatic heterocycles. The number of aryl methyl sites for hydroxylation is 1. The molecule has 3 aromatic rings. The first-order valence-corrected chi connectivity index (χ1v) is 8.00. The molecule has 3 rings (SSSR count). The maximum Gasteiger partial charge on any atom is 0.338 e. The van der Waals surface area contributed by atoms with E-state index in [1.54, 1.807) is 6.07 Å². The Kier molecular flexibility index (Phi) is 4.84. The third-order valence-corrected chi connectivity index (χ3v) is 4.12. The molecule has 0 aliphatic carbocycles. The number of rotatable bonds is 4. The van der Waals surface area contributed by atoms with Crippen molar-refractivity contribution in [2.75, 3.05) is 14.2 Å². The molecule has 6 nitrogen and oxygen atoms in total. The molecular formula is C20H19N2O4+. The maximum absolute atomic E-state index is 12.5. The third-order valence-electron chi connectivity index (χ3n) is 4.12. The Hall–Kier alpha value is -3.41. The van der Waals surface area contributed by atoms with Crippen molar-refractivity contribution in [3.63, 3.8) is 0 Å². The van der Waals surface area contributed by atoms with Crippen LogP contribution in [0, 0.1) is 0 Å². The van der Waals surface area contributed by atoms with E-state index < -0.39 is 11.9 Å². The molecule has 0 fully saturated rings. The van der Waals surface area contributed by atoms with Crippen molar-refractivity contribution >= 4 is 11.9 Å². The van der Waals surface area contributed by atoms with Gasteiger partial charge in [-0.15, -0.1) is 9.36 Å². The molecule has 2 aromatic carbocycles. The number of hydrogen-bond donors (Lipinski definition) is 0. The minimum absolute atomic E-state index is 0.274. The maximum atomic E-state index is 12.5. The molecule has 26 heavy (non-hydrogen) atoms. The minimum atomic E-state index is -0.523. The SMILES string of the molecule is COC(=O)c1cc(C(=O)OC)c(-c2ccccc2)c(-n2ccc[n+]2C)c1. The fraction of sp³-hybridized carbons (Fsp3) is 0.150. The zero-order valence-corrected chi connectivity index (χ0v) is 14.8. The molecule has 0 radical (unpaired) electrons. The highest BCUT2D eigenvalue weighted by atomic mass is 16.5. The van der Waals surface area contributed by atoms with Gasteiger partial charge in [0.2, 0.25) is 0 Å². The van der Waals surface area contributed by atoms with E-state index in [2.05, 4.69) is 0 Å². The van der Waals surface area contributed by atoms with Gasteiger partial charge in [-0.2, -0.15) is 0 Å². The lowest BCUT2D eigenvalue weighted by Gasteiger charge is -2.15. The molecule has 0 spiro atoms. The minimum Gasteiger partial charge on any atom is -0.465 e. The van der Waals surface area contributed by atoms with Gasteiger partial charge in [-0.3, -0.25) is 0 Å². The number of ether oxygens (including phenoxy) is 2. The van der Waals surface area contributed by atoms with Crippen molar-refractivity contribution in [3.05, 3.63) is 72.1 Å². The number of nitrogens with zero attached hydrogens (tertiary/aromatic N) is 2. The van der Waals surface area contributed by atoms with E-state index in [1.165, 1.54) is 20.3 Å². The average molecular weight is 351 g/mol. The van der Waals surface area contributed by atoms with Crippen LogP contribution >= 0.6 is 0 Å². The van der Waals surface area contributed by atoms with Gasteiger partial charge in [0.25, 0.3) is 0 Å². The summed E-state index contributed by atoms with van der Waals surface area (Å²) in [6, 6.07) is 14.6. The highest BCUT2D eigenvalue weighted by Gasteiger charge is 2.24. The second kappa shape index (κ2) is 7.23. The lowest BCUT2D eigenvalue weighted by molar-refractivity contribution is -0.744. The molecule has 6 heteroatoms. The summed E-state index contributed by atoms with van der Waals surface area (Å²) in [5.74, 6) is -1.04. The molecule has 0 aliphatic heterocycles. The average Bonchev–Trinajstić information content (AvgIpc) is 3.12. The zero-order valence-electron chi connectivity index (χ0n) is 14.8. The van der Waals surface area contributed by atoms with Crippen LogP contribution in [0.5, 0.6) is 0 Å². The smallest absolute Gasteiger partial charge is 0.338 e. The van der Waals surface area contributed by atoms with Crippen molar-refractivity contribution in [2.24, 2.45) is 7.05 Å². The van der Waals surface area contributed by atoms with Gasteiger partial charge in [0.05, 0.1) is 31.5 Å². The predicted octanol–water partition coefficient (Wildman–Crippen LogP) is 2.54. The molecular weight excluding hydrogens is 332 g/mol. The van der Waals surface area contributed by atoms with Gasteiger partial charge < -0.3 is 9.47 Å². The van der Waals surface area contributed by atoms with E-state index in [9.17, 15) is 9.59 Å². The third kappa shape index (κ3) is 3.09. The largest absolute Gasteiger partial charge is 0.465 e. The Balaban J connectivity index is 2.40.